The van der Waals surface area contributed by atoms with E-state index in [4.69, 9.17) is 0 Å². The summed E-state index contributed by atoms with van der Waals surface area (Å²) in [7, 11) is 0. The molecule has 0 spiro atoms. The maximum absolute atomic E-state index is 12.9. The fourth-order valence-corrected chi connectivity index (χ4v) is 1.37. The Morgan fingerprint density at radius 3 is 2.56 bits per heavy atom. The summed E-state index contributed by atoms with van der Waals surface area (Å²) in [6, 6.07) is 2.24. The molecule has 1 heterocycles. The fourth-order valence-electron chi connectivity index (χ4n) is 1.37. The quantitative estimate of drug-likeness (QED) is 0.773. The van der Waals surface area contributed by atoms with Crippen molar-refractivity contribution >= 4 is 6.08 Å². The number of nitrogens with zero attached hydrogens (tertiary/aromatic N) is 2. The van der Waals surface area contributed by atoms with Gasteiger partial charge in [0.2, 0.25) is 11.7 Å². The van der Waals surface area contributed by atoms with Crippen LogP contribution in [-0.4, -0.2) is 10.1 Å². The first kappa shape index (κ1) is 12.3. The van der Waals surface area contributed by atoms with E-state index in [9.17, 15) is 17.6 Å². The van der Waals surface area contributed by atoms with Gasteiger partial charge in [0.25, 0.3) is 0 Å². The molecule has 1 aromatic heterocycles. The molecule has 0 amide bonds. The van der Waals surface area contributed by atoms with Crippen LogP contribution >= 0.6 is 0 Å². The van der Waals surface area contributed by atoms with Crippen LogP contribution in [-0.2, 0) is 6.18 Å². The van der Waals surface area contributed by atoms with Crippen molar-refractivity contribution in [2.45, 2.75) is 6.18 Å². The third-order valence-electron chi connectivity index (χ3n) is 2.14. The molecule has 0 bridgehead atoms. The van der Waals surface area contributed by atoms with Gasteiger partial charge < -0.3 is 4.52 Å². The van der Waals surface area contributed by atoms with E-state index in [-0.39, 0.29) is 17.3 Å². The van der Waals surface area contributed by atoms with Crippen LogP contribution < -0.4 is 0 Å². The van der Waals surface area contributed by atoms with E-state index in [0.717, 1.165) is 12.1 Å². The van der Waals surface area contributed by atoms with Crippen LogP contribution in [0.5, 0.6) is 0 Å². The molecule has 0 fully saturated rings. The van der Waals surface area contributed by atoms with Crippen LogP contribution in [0.3, 0.4) is 0 Å². The Balaban J connectivity index is 2.60. The van der Waals surface area contributed by atoms with Crippen molar-refractivity contribution in [3.05, 3.63) is 42.0 Å². The molecule has 3 nitrogen and oxygen atoms in total. The smallest absolute Gasteiger partial charge is 0.334 e. The van der Waals surface area contributed by atoms with Gasteiger partial charge in [0.1, 0.15) is 5.82 Å². The average Bonchev–Trinajstić information content (AvgIpc) is 2.76. The summed E-state index contributed by atoms with van der Waals surface area (Å²) in [4.78, 5) is 3.68. The van der Waals surface area contributed by atoms with Crippen molar-refractivity contribution in [3.63, 3.8) is 0 Å². The standard InChI is InChI=1S/C11H6F4N2O/c1-2-9-16-10(17-18-9)7-4-3-6(12)5-8(7)11(13,14)15/h2-5H,1H2. The Labute approximate surface area is 98.7 Å². The summed E-state index contributed by atoms with van der Waals surface area (Å²) in [5.74, 6) is -1.27. The highest BCUT2D eigenvalue weighted by atomic mass is 19.4. The normalized spacial score (nSPS) is 11.6. The first-order valence-electron chi connectivity index (χ1n) is 4.75. The third-order valence-corrected chi connectivity index (χ3v) is 2.14. The first-order chi connectivity index (χ1) is 8.41. The molecular formula is C11H6F4N2O. The predicted molar refractivity (Wildman–Crippen MR) is 54.8 cm³/mol. The molecule has 18 heavy (non-hydrogen) atoms. The van der Waals surface area contributed by atoms with Gasteiger partial charge in [-0.2, -0.15) is 18.2 Å². The highest BCUT2D eigenvalue weighted by molar-refractivity contribution is 5.61. The van der Waals surface area contributed by atoms with Crippen molar-refractivity contribution in [2.24, 2.45) is 0 Å². The Morgan fingerprint density at radius 2 is 2.00 bits per heavy atom. The zero-order chi connectivity index (χ0) is 13.3. The van der Waals surface area contributed by atoms with Crippen molar-refractivity contribution in [1.29, 1.82) is 0 Å². The topological polar surface area (TPSA) is 38.9 Å². The lowest BCUT2D eigenvalue weighted by molar-refractivity contribution is -0.137. The lowest BCUT2D eigenvalue weighted by atomic mass is 10.1. The van der Waals surface area contributed by atoms with Gasteiger partial charge in [-0.3, -0.25) is 0 Å². The number of hydrogen-bond donors (Lipinski definition) is 0. The Kier molecular flexibility index (Phi) is 2.90. The second-order valence-electron chi connectivity index (χ2n) is 3.35. The van der Waals surface area contributed by atoms with Crippen LogP contribution in [0.4, 0.5) is 17.6 Å². The van der Waals surface area contributed by atoms with Crippen molar-refractivity contribution < 1.29 is 22.1 Å². The minimum Gasteiger partial charge on any atom is -0.334 e. The van der Waals surface area contributed by atoms with Gasteiger partial charge in [-0.05, 0) is 24.3 Å². The molecule has 0 aliphatic carbocycles. The molecule has 0 aliphatic heterocycles. The number of benzene rings is 1. The molecular weight excluding hydrogens is 252 g/mol. The van der Waals surface area contributed by atoms with Crippen LogP contribution in [0.25, 0.3) is 17.5 Å². The molecule has 2 aromatic rings. The average molecular weight is 258 g/mol. The lowest BCUT2D eigenvalue weighted by Crippen LogP contribution is -2.08. The molecule has 1 aromatic carbocycles. The molecule has 0 atom stereocenters. The molecule has 0 unspecified atom stereocenters. The fraction of sp³-hybridized carbons (Fsp3) is 0.0909. The summed E-state index contributed by atoms with van der Waals surface area (Å²) >= 11 is 0. The predicted octanol–water partition coefficient (Wildman–Crippen LogP) is 3.54. The van der Waals surface area contributed by atoms with Gasteiger partial charge in [0.05, 0.1) is 5.56 Å². The van der Waals surface area contributed by atoms with E-state index >= 15 is 0 Å². The molecule has 0 N–H and O–H groups in total. The summed E-state index contributed by atoms with van der Waals surface area (Å²) in [6.07, 6.45) is -3.50. The van der Waals surface area contributed by atoms with E-state index in [1.165, 1.54) is 6.08 Å². The van der Waals surface area contributed by atoms with E-state index in [2.05, 4.69) is 21.2 Å². The van der Waals surface area contributed by atoms with Crippen molar-refractivity contribution in [2.75, 3.05) is 0 Å². The molecule has 0 aliphatic rings. The largest absolute Gasteiger partial charge is 0.417 e. The van der Waals surface area contributed by atoms with Crippen LogP contribution in [0.1, 0.15) is 11.5 Å². The number of hydrogen-bond acceptors (Lipinski definition) is 3. The van der Waals surface area contributed by atoms with Crippen molar-refractivity contribution in [1.82, 2.24) is 10.1 Å². The summed E-state index contributed by atoms with van der Waals surface area (Å²) in [5, 5.41) is 3.38. The van der Waals surface area contributed by atoms with E-state index in [0.29, 0.717) is 6.07 Å². The minimum absolute atomic E-state index is 0.0116. The SMILES string of the molecule is C=Cc1nc(-c2ccc(F)cc2C(F)(F)F)no1. The highest BCUT2D eigenvalue weighted by Crippen LogP contribution is 2.36. The highest BCUT2D eigenvalue weighted by Gasteiger charge is 2.35. The molecule has 0 saturated heterocycles. The summed E-state index contributed by atoms with van der Waals surface area (Å²) in [5.41, 5.74) is -1.50. The molecule has 94 valence electrons. The maximum Gasteiger partial charge on any atom is 0.417 e. The zero-order valence-corrected chi connectivity index (χ0v) is 8.83. The van der Waals surface area contributed by atoms with E-state index < -0.39 is 17.6 Å². The van der Waals surface area contributed by atoms with Gasteiger partial charge in [-0.25, -0.2) is 4.39 Å². The Bertz CT molecular complexity index is 589. The Hall–Kier alpha value is -2.18. The number of halogens is 4. The molecule has 0 radical (unpaired) electrons. The van der Waals surface area contributed by atoms with Crippen LogP contribution in [0, 0.1) is 5.82 Å². The maximum atomic E-state index is 12.9. The molecule has 2 rings (SSSR count). The number of alkyl halides is 3. The lowest BCUT2D eigenvalue weighted by Gasteiger charge is -2.10. The van der Waals surface area contributed by atoms with E-state index in [1.807, 2.05) is 0 Å². The third kappa shape index (κ3) is 2.24. The second-order valence-corrected chi connectivity index (χ2v) is 3.35. The van der Waals surface area contributed by atoms with Crippen LogP contribution in [0.15, 0.2) is 29.3 Å². The van der Waals surface area contributed by atoms with Gasteiger partial charge in [-0.15, -0.1) is 0 Å². The number of aromatic nitrogens is 2. The van der Waals surface area contributed by atoms with Gasteiger partial charge in [0.15, 0.2) is 0 Å². The van der Waals surface area contributed by atoms with Crippen molar-refractivity contribution in [3.8, 4) is 11.4 Å². The van der Waals surface area contributed by atoms with Gasteiger partial charge in [-0.1, -0.05) is 11.7 Å². The number of rotatable bonds is 2. The van der Waals surface area contributed by atoms with Crippen LogP contribution in [0.2, 0.25) is 0 Å². The van der Waals surface area contributed by atoms with E-state index in [1.54, 1.807) is 0 Å². The Morgan fingerprint density at radius 1 is 1.28 bits per heavy atom. The summed E-state index contributed by atoms with van der Waals surface area (Å²) in [6.45, 7) is 3.34. The second kappa shape index (κ2) is 4.25. The first-order valence-corrected chi connectivity index (χ1v) is 4.75. The minimum atomic E-state index is -4.70. The molecule has 7 heteroatoms. The zero-order valence-electron chi connectivity index (χ0n) is 8.83. The monoisotopic (exact) mass is 258 g/mol. The van der Waals surface area contributed by atoms with Gasteiger partial charge >= 0.3 is 6.18 Å². The van der Waals surface area contributed by atoms with Gasteiger partial charge in [0, 0.05) is 5.56 Å². The summed E-state index contributed by atoms with van der Waals surface area (Å²) < 4.78 is 55.7. The molecule has 0 saturated carbocycles.